The van der Waals surface area contributed by atoms with Crippen molar-refractivity contribution in [1.82, 2.24) is 4.98 Å². The van der Waals surface area contributed by atoms with Crippen LogP contribution in [0.5, 0.6) is 5.88 Å². The summed E-state index contributed by atoms with van der Waals surface area (Å²) in [5.74, 6) is 0.600. The number of pyridine rings is 1. The number of nitrogens with zero attached hydrogens (tertiary/aromatic N) is 1. The molecule has 0 radical (unpaired) electrons. The maximum atomic E-state index is 13.9. The van der Waals surface area contributed by atoms with Crippen molar-refractivity contribution in [1.29, 1.82) is 0 Å². The summed E-state index contributed by atoms with van der Waals surface area (Å²) in [4.78, 5) is 16.6. The molecule has 5 atom stereocenters. The highest BCUT2D eigenvalue weighted by Crippen LogP contribution is 2.62. The van der Waals surface area contributed by atoms with Gasteiger partial charge in [-0.25, -0.2) is 4.98 Å². The summed E-state index contributed by atoms with van der Waals surface area (Å²) in [6, 6.07) is 13.9. The van der Waals surface area contributed by atoms with E-state index in [2.05, 4.69) is 4.98 Å². The number of alkyl halides is 3. The summed E-state index contributed by atoms with van der Waals surface area (Å²) in [5, 5.41) is 0. The van der Waals surface area contributed by atoms with Gasteiger partial charge in [0.25, 0.3) is 0 Å². The Balaban J connectivity index is 1.21. The van der Waals surface area contributed by atoms with E-state index < -0.39 is 11.7 Å². The van der Waals surface area contributed by atoms with E-state index in [4.69, 9.17) is 9.47 Å². The van der Waals surface area contributed by atoms with E-state index in [1.807, 2.05) is 44.3 Å². The number of fused-ring (bicyclic) bond motifs is 4. The fraction of sp³-hybridized carbons (Fsp3) is 0.419. The van der Waals surface area contributed by atoms with E-state index in [1.54, 1.807) is 12.1 Å². The first-order chi connectivity index (χ1) is 18.3. The Morgan fingerprint density at radius 2 is 1.87 bits per heavy atom. The number of ether oxygens (including phenoxy) is 2. The number of benzene rings is 2. The van der Waals surface area contributed by atoms with E-state index in [1.165, 1.54) is 12.1 Å². The summed E-state index contributed by atoms with van der Waals surface area (Å²) in [7, 11) is 0. The molecule has 38 heavy (non-hydrogen) atoms. The number of rotatable bonds is 6. The summed E-state index contributed by atoms with van der Waals surface area (Å²) in [5.41, 5.74) is 5.00. The van der Waals surface area contributed by atoms with Gasteiger partial charge in [0.2, 0.25) is 5.88 Å². The summed E-state index contributed by atoms with van der Waals surface area (Å²) in [6.07, 6.45) is -0.0705. The molecule has 198 valence electrons. The number of carbonyl (C=O) groups excluding carboxylic acids is 1. The Morgan fingerprint density at radius 1 is 1.05 bits per heavy atom. The summed E-state index contributed by atoms with van der Waals surface area (Å²) in [6.45, 7) is 4.53. The van der Waals surface area contributed by atoms with Crippen molar-refractivity contribution < 1.29 is 27.4 Å². The van der Waals surface area contributed by atoms with Gasteiger partial charge in [-0.1, -0.05) is 43.3 Å². The third-order valence-corrected chi connectivity index (χ3v) is 8.51. The van der Waals surface area contributed by atoms with Gasteiger partial charge in [-0.15, -0.1) is 0 Å². The Morgan fingerprint density at radius 3 is 2.66 bits per heavy atom. The van der Waals surface area contributed by atoms with Crippen LogP contribution >= 0.6 is 0 Å². The fourth-order valence-corrected chi connectivity index (χ4v) is 6.67. The van der Waals surface area contributed by atoms with Crippen LogP contribution in [0, 0.1) is 17.8 Å². The smallest absolute Gasteiger partial charge is 0.416 e. The number of esters is 1. The lowest BCUT2D eigenvalue weighted by Crippen LogP contribution is -2.23. The second-order valence-corrected chi connectivity index (χ2v) is 10.8. The van der Waals surface area contributed by atoms with Gasteiger partial charge in [0.15, 0.2) is 0 Å². The average molecular weight is 522 g/mol. The predicted octanol–water partition coefficient (Wildman–Crippen LogP) is 6.84. The molecule has 0 saturated heterocycles. The van der Waals surface area contributed by atoms with Crippen molar-refractivity contribution in [3.8, 4) is 5.88 Å². The maximum absolute atomic E-state index is 13.9. The zero-order valence-electron chi connectivity index (χ0n) is 21.4. The highest BCUT2D eigenvalue weighted by atomic mass is 19.4. The fourth-order valence-electron chi connectivity index (χ4n) is 6.67. The Labute approximate surface area is 220 Å². The molecular weight excluding hydrogens is 491 g/mol. The molecule has 1 fully saturated rings. The Hall–Kier alpha value is -3.35. The average Bonchev–Trinajstić information content (AvgIpc) is 3.48. The normalized spacial score (nSPS) is 25.2. The molecule has 3 aromatic rings. The molecule has 4 nitrogen and oxygen atoms in total. The minimum atomic E-state index is -4.40. The standard InChI is InChI=1S/C31H30F3NO3/c1-3-37-30(36)29-23-13-20-14-26(35-15-24(20)28(23)29)38-16-18-9-11-19-10-8-17(2)27(22(19)12-18)21-6-4-5-7-25(21)31(32,33)34/h4-7,9,11-12,14-15,17,23,27-29H,3,8,10,13,16H2,1-2H3/t17?,23-,27?,28-,29+/m1/s1. The molecule has 1 aromatic heterocycles. The number of hydrogen-bond acceptors (Lipinski definition) is 4. The quantitative estimate of drug-likeness (QED) is 0.333. The zero-order valence-corrected chi connectivity index (χ0v) is 21.4. The molecule has 0 amide bonds. The summed E-state index contributed by atoms with van der Waals surface area (Å²) < 4.78 is 52.8. The van der Waals surface area contributed by atoms with Gasteiger partial charge in [-0.3, -0.25) is 4.79 Å². The lowest BCUT2D eigenvalue weighted by Gasteiger charge is -2.34. The van der Waals surface area contributed by atoms with Crippen LogP contribution < -0.4 is 4.74 Å². The van der Waals surface area contributed by atoms with Crippen LogP contribution in [0.15, 0.2) is 54.7 Å². The van der Waals surface area contributed by atoms with Gasteiger partial charge in [0, 0.05) is 24.1 Å². The van der Waals surface area contributed by atoms with E-state index in [0.717, 1.165) is 47.1 Å². The van der Waals surface area contributed by atoms with Gasteiger partial charge in [0.05, 0.1) is 18.1 Å². The van der Waals surface area contributed by atoms with E-state index in [9.17, 15) is 18.0 Å². The highest BCUT2D eigenvalue weighted by molar-refractivity contribution is 5.79. The first-order valence-electron chi connectivity index (χ1n) is 13.3. The topological polar surface area (TPSA) is 48.4 Å². The van der Waals surface area contributed by atoms with Crippen LogP contribution in [0.2, 0.25) is 0 Å². The van der Waals surface area contributed by atoms with Gasteiger partial charge < -0.3 is 9.47 Å². The molecule has 0 spiro atoms. The zero-order chi connectivity index (χ0) is 26.6. The molecule has 2 unspecified atom stereocenters. The van der Waals surface area contributed by atoms with Crippen LogP contribution in [-0.2, 0) is 35.2 Å². The van der Waals surface area contributed by atoms with Crippen molar-refractivity contribution in [2.45, 2.75) is 57.7 Å². The minimum absolute atomic E-state index is 0.0515. The molecular formula is C31H30F3NO3. The molecule has 3 aliphatic carbocycles. The van der Waals surface area contributed by atoms with Gasteiger partial charge in [-0.2, -0.15) is 13.2 Å². The molecule has 2 aromatic carbocycles. The SMILES string of the molecule is CCOC(=O)[C@H]1[C@@H]2Cc3cc(OCc4ccc5c(c4)C(c4ccccc4C(F)(F)F)C(C)CC5)ncc3[C@@H]21. The Bertz CT molecular complexity index is 1390. The molecule has 6 rings (SSSR count). The number of carbonyl (C=O) groups is 1. The van der Waals surface area contributed by atoms with Gasteiger partial charge >= 0.3 is 12.1 Å². The van der Waals surface area contributed by atoms with Crippen molar-refractivity contribution in [2.24, 2.45) is 17.8 Å². The second kappa shape index (κ2) is 9.44. The molecule has 0 bridgehead atoms. The van der Waals surface area contributed by atoms with E-state index >= 15 is 0 Å². The lowest BCUT2D eigenvalue weighted by atomic mass is 9.71. The molecule has 1 heterocycles. The van der Waals surface area contributed by atoms with E-state index in [-0.39, 0.29) is 36.2 Å². The lowest BCUT2D eigenvalue weighted by molar-refractivity contribution is -0.145. The van der Waals surface area contributed by atoms with Crippen LogP contribution in [0.4, 0.5) is 13.2 Å². The number of halogens is 3. The van der Waals surface area contributed by atoms with Crippen molar-refractivity contribution >= 4 is 5.97 Å². The third-order valence-electron chi connectivity index (χ3n) is 8.51. The molecule has 0 aliphatic heterocycles. The molecule has 0 N–H and O–H groups in total. The van der Waals surface area contributed by atoms with Gasteiger partial charge in [0.1, 0.15) is 6.61 Å². The van der Waals surface area contributed by atoms with E-state index in [0.29, 0.717) is 24.0 Å². The Kier molecular flexibility index (Phi) is 6.20. The monoisotopic (exact) mass is 521 g/mol. The first kappa shape index (κ1) is 25.0. The van der Waals surface area contributed by atoms with Crippen LogP contribution in [-0.4, -0.2) is 17.6 Å². The number of hydrogen-bond donors (Lipinski definition) is 0. The number of aryl methyl sites for hydroxylation is 1. The minimum Gasteiger partial charge on any atom is -0.473 e. The molecule has 3 aliphatic rings. The maximum Gasteiger partial charge on any atom is 0.416 e. The second-order valence-electron chi connectivity index (χ2n) is 10.8. The molecule has 7 heteroatoms. The summed E-state index contributed by atoms with van der Waals surface area (Å²) >= 11 is 0. The highest BCUT2D eigenvalue weighted by Gasteiger charge is 2.60. The number of aromatic nitrogens is 1. The molecule has 1 saturated carbocycles. The van der Waals surface area contributed by atoms with Crippen molar-refractivity contribution in [2.75, 3.05) is 6.61 Å². The first-order valence-corrected chi connectivity index (χ1v) is 13.3. The van der Waals surface area contributed by atoms with Crippen LogP contribution in [0.3, 0.4) is 0 Å². The third kappa shape index (κ3) is 4.36. The van der Waals surface area contributed by atoms with Crippen LogP contribution in [0.1, 0.15) is 71.0 Å². The van der Waals surface area contributed by atoms with Gasteiger partial charge in [-0.05, 0) is 77.5 Å². The largest absolute Gasteiger partial charge is 0.473 e. The predicted molar refractivity (Wildman–Crippen MR) is 136 cm³/mol. The van der Waals surface area contributed by atoms with Crippen molar-refractivity contribution in [3.05, 3.63) is 93.7 Å². The van der Waals surface area contributed by atoms with Crippen molar-refractivity contribution in [3.63, 3.8) is 0 Å². The van der Waals surface area contributed by atoms with Crippen LogP contribution in [0.25, 0.3) is 0 Å².